The van der Waals surface area contributed by atoms with Crippen LogP contribution in [-0.2, 0) is 0 Å². The fourth-order valence-corrected chi connectivity index (χ4v) is 9.52. The van der Waals surface area contributed by atoms with Crippen LogP contribution in [0, 0.1) is 0 Å². The van der Waals surface area contributed by atoms with Crippen molar-refractivity contribution in [1.29, 1.82) is 0 Å². The van der Waals surface area contributed by atoms with Crippen LogP contribution in [0.2, 0.25) is 0 Å². The Balaban J connectivity index is 1.00. The van der Waals surface area contributed by atoms with Crippen molar-refractivity contribution < 1.29 is 4.42 Å². The highest BCUT2D eigenvalue weighted by molar-refractivity contribution is 7.25. The number of thiophene rings is 1. The fraction of sp³-hybridized carbons (Fsp3) is 0. The van der Waals surface area contributed by atoms with Gasteiger partial charge >= 0.3 is 0 Å². The Labute approximate surface area is 335 Å². The van der Waals surface area contributed by atoms with E-state index in [-0.39, 0.29) is 0 Å². The number of furan rings is 1. The number of nitrogens with zero attached hydrogens (tertiary/aromatic N) is 1. The summed E-state index contributed by atoms with van der Waals surface area (Å²) in [7, 11) is 0. The molecule has 2 nitrogen and oxygen atoms in total. The van der Waals surface area contributed by atoms with Gasteiger partial charge in [0.2, 0.25) is 0 Å². The average molecular weight is 746 g/mol. The Hall–Kier alpha value is -7.20. The van der Waals surface area contributed by atoms with Gasteiger partial charge in [-0.3, -0.25) is 0 Å². The van der Waals surface area contributed by atoms with Crippen molar-refractivity contribution in [3.05, 3.63) is 212 Å². The van der Waals surface area contributed by atoms with Gasteiger partial charge in [0.05, 0.1) is 5.69 Å². The zero-order valence-corrected chi connectivity index (χ0v) is 31.8. The summed E-state index contributed by atoms with van der Waals surface area (Å²) in [5, 5.41) is 4.88. The first kappa shape index (κ1) is 33.2. The molecule has 0 spiro atoms. The molecule has 0 saturated heterocycles. The monoisotopic (exact) mass is 745 g/mol. The molecule has 0 aliphatic carbocycles. The van der Waals surface area contributed by atoms with Crippen molar-refractivity contribution in [2.24, 2.45) is 0 Å². The van der Waals surface area contributed by atoms with E-state index in [1.54, 1.807) is 0 Å². The van der Waals surface area contributed by atoms with Crippen LogP contribution < -0.4 is 4.90 Å². The smallest absolute Gasteiger partial charge is 0.143 e. The van der Waals surface area contributed by atoms with Gasteiger partial charge < -0.3 is 9.32 Å². The number of hydrogen-bond acceptors (Lipinski definition) is 3. The lowest BCUT2D eigenvalue weighted by atomic mass is 9.98. The molecule has 0 saturated carbocycles. The van der Waals surface area contributed by atoms with Gasteiger partial charge in [0.1, 0.15) is 11.2 Å². The van der Waals surface area contributed by atoms with E-state index in [0.29, 0.717) is 0 Å². The zero-order chi connectivity index (χ0) is 37.7. The zero-order valence-electron chi connectivity index (χ0n) is 31.0. The Kier molecular flexibility index (Phi) is 8.04. The average Bonchev–Trinajstić information content (AvgIpc) is 3.86. The molecule has 268 valence electrons. The van der Waals surface area contributed by atoms with E-state index in [1.807, 2.05) is 17.4 Å². The number of hydrogen-bond donors (Lipinski definition) is 0. The second-order valence-electron chi connectivity index (χ2n) is 14.5. The molecular formula is C54H35NOS. The van der Waals surface area contributed by atoms with Gasteiger partial charge in [-0.1, -0.05) is 158 Å². The fourth-order valence-electron chi connectivity index (χ4n) is 8.39. The highest BCUT2D eigenvalue weighted by Gasteiger charge is 2.19. The molecule has 0 aliphatic rings. The van der Waals surface area contributed by atoms with Crippen LogP contribution in [0.4, 0.5) is 17.1 Å². The highest BCUT2D eigenvalue weighted by Crippen LogP contribution is 2.44. The molecule has 3 heteroatoms. The molecule has 11 rings (SSSR count). The van der Waals surface area contributed by atoms with Crippen LogP contribution in [-0.4, -0.2) is 0 Å². The van der Waals surface area contributed by atoms with Gasteiger partial charge in [0.15, 0.2) is 0 Å². The molecule has 11 aromatic rings. The minimum absolute atomic E-state index is 0.893. The Morgan fingerprint density at radius 1 is 0.351 bits per heavy atom. The summed E-state index contributed by atoms with van der Waals surface area (Å²) in [6.07, 6.45) is 0. The Morgan fingerprint density at radius 2 is 0.895 bits per heavy atom. The number of rotatable bonds is 7. The van der Waals surface area contributed by atoms with Crippen LogP contribution >= 0.6 is 11.3 Å². The normalized spacial score (nSPS) is 11.5. The van der Waals surface area contributed by atoms with Crippen molar-refractivity contribution in [1.82, 2.24) is 0 Å². The molecule has 2 aromatic heterocycles. The molecule has 0 radical (unpaired) electrons. The van der Waals surface area contributed by atoms with Crippen LogP contribution in [0.25, 0.3) is 86.6 Å². The molecule has 0 atom stereocenters. The van der Waals surface area contributed by atoms with Crippen LogP contribution in [0.1, 0.15) is 0 Å². The van der Waals surface area contributed by atoms with Gasteiger partial charge in [-0.25, -0.2) is 0 Å². The van der Waals surface area contributed by atoms with E-state index in [4.69, 9.17) is 4.42 Å². The van der Waals surface area contributed by atoms with E-state index in [2.05, 4.69) is 211 Å². The number of benzene rings is 9. The number of para-hydroxylation sites is 2. The maximum absolute atomic E-state index is 6.49. The third-order valence-electron chi connectivity index (χ3n) is 11.1. The summed E-state index contributed by atoms with van der Waals surface area (Å²) in [5.74, 6) is 0. The quantitative estimate of drug-likeness (QED) is 0.162. The third-order valence-corrected chi connectivity index (χ3v) is 12.2. The molecule has 0 bridgehead atoms. The summed E-state index contributed by atoms with van der Waals surface area (Å²) in [4.78, 5) is 2.38. The van der Waals surface area contributed by atoms with Crippen molar-refractivity contribution in [2.75, 3.05) is 4.90 Å². The van der Waals surface area contributed by atoms with E-state index in [1.165, 1.54) is 42.4 Å². The molecule has 2 heterocycles. The van der Waals surface area contributed by atoms with E-state index < -0.39 is 0 Å². The van der Waals surface area contributed by atoms with Crippen LogP contribution in [0.15, 0.2) is 217 Å². The van der Waals surface area contributed by atoms with Crippen LogP contribution in [0.3, 0.4) is 0 Å². The van der Waals surface area contributed by atoms with Crippen molar-refractivity contribution in [3.63, 3.8) is 0 Å². The highest BCUT2D eigenvalue weighted by atomic mass is 32.1. The van der Waals surface area contributed by atoms with Crippen molar-refractivity contribution in [2.45, 2.75) is 0 Å². The van der Waals surface area contributed by atoms with E-state index >= 15 is 0 Å². The lowest BCUT2D eigenvalue weighted by Crippen LogP contribution is -2.11. The molecular weight excluding hydrogens is 711 g/mol. The summed E-state index contributed by atoms with van der Waals surface area (Å²) in [6.45, 7) is 0. The third kappa shape index (κ3) is 5.80. The summed E-state index contributed by atoms with van der Waals surface area (Å²) in [6, 6.07) is 76.3. The van der Waals surface area contributed by atoms with Gasteiger partial charge in [0, 0.05) is 53.4 Å². The topological polar surface area (TPSA) is 16.4 Å². The van der Waals surface area contributed by atoms with E-state index in [9.17, 15) is 0 Å². The Morgan fingerprint density at radius 3 is 1.67 bits per heavy atom. The number of fused-ring (bicyclic) bond motifs is 6. The van der Waals surface area contributed by atoms with E-state index in [0.717, 1.165) is 61.3 Å². The second kappa shape index (κ2) is 13.8. The second-order valence-corrected chi connectivity index (χ2v) is 15.5. The van der Waals surface area contributed by atoms with Crippen LogP contribution in [0.5, 0.6) is 0 Å². The lowest BCUT2D eigenvalue weighted by molar-refractivity contribution is 0.670. The molecule has 0 fully saturated rings. The van der Waals surface area contributed by atoms with Gasteiger partial charge in [-0.15, -0.1) is 11.3 Å². The van der Waals surface area contributed by atoms with Crippen molar-refractivity contribution in [3.8, 4) is 44.5 Å². The minimum atomic E-state index is 0.893. The predicted molar refractivity (Wildman–Crippen MR) is 243 cm³/mol. The molecule has 0 aliphatic heterocycles. The molecule has 9 aromatic carbocycles. The molecule has 57 heavy (non-hydrogen) atoms. The first-order valence-corrected chi connectivity index (χ1v) is 20.1. The largest absolute Gasteiger partial charge is 0.455 e. The van der Waals surface area contributed by atoms with Gasteiger partial charge in [-0.2, -0.15) is 0 Å². The molecule has 0 amide bonds. The maximum atomic E-state index is 6.49. The predicted octanol–water partition coefficient (Wildman–Crippen LogP) is 16.1. The molecule has 0 unspecified atom stereocenters. The standard InChI is InChI=1S/C54H35NOS/c1-3-13-37(14-4-1)43-17-7-9-22-49(43)55(42-32-27-39(28-33-42)44-19-12-24-52-53(44)47-18-8-10-23-51(47)57-52)41-30-25-36(26-31-41)40-29-34-50-48(35-40)46-21-11-20-45(54(46)56-50)38-15-5-2-6-16-38/h1-35H. The summed E-state index contributed by atoms with van der Waals surface area (Å²) >= 11 is 1.86. The summed E-state index contributed by atoms with van der Waals surface area (Å²) < 4.78 is 9.12. The minimum Gasteiger partial charge on any atom is -0.455 e. The first-order valence-electron chi connectivity index (χ1n) is 19.3. The molecule has 0 N–H and O–H groups in total. The number of anilines is 3. The first-order chi connectivity index (χ1) is 28.3. The maximum Gasteiger partial charge on any atom is 0.143 e. The summed E-state index contributed by atoms with van der Waals surface area (Å²) in [5.41, 5.74) is 14.5. The van der Waals surface area contributed by atoms with Gasteiger partial charge in [-0.05, 0) is 88.0 Å². The van der Waals surface area contributed by atoms with Crippen molar-refractivity contribution >= 4 is 70.5 Å². The lowest BCUT2D eigenvalue weighted by Gasteiger charge is -2.28. The van der Waals surface area contributed by atoms with Gasteiger partial charge in [0.25, 0.3) is 0 Å². The Bertz CT molecular complexity index is 3210. The SMILES string of the molecule is c1ccc(-c2ccccc2N(c2ccc(-c3ccc4oc5c(-c6ccccc6)cccc5c4c3)cc2)c2ccc(-c3cccc4sc5ccccc5c34)cc2)cc1.